The summed E-state index contributed by atoms with van der Waals surface area (Å²) >= 11 is 0. The van der Waals surface area contributed by atoms with E-state index >= 15 is 0 Å². The van der Waals surface area contributed by atoms with E-state index in [0.29, 0.717) is 5.69 Å². The summed E-state index contributed by atoms with van der Waals surface area (Å²) in [7, 11) is -1.42. The van der Waals surface area contributed by atoms with E-state index in [-0.39, 0.29) is 16.3 Å². The number of aromatic nitrogens is 3. The Labute approximate surface area is 126 Å². The second-order valence-electron chi connectivity index (χ2n) is 4.37. The Kier molecular flexibility index (Phi) is 4.13. The first kappa shape index (κ1) is 15.9. The van der Waals surface area contributed by atoms with Crippen molar-refractivity contribution in [1.82, 2.24) is 14.8 Å². The summed E-state index contributed by atoms with van der Waals surface area (Å²) in [5, 5.41) is 3.90. The summed E-state index contributed by atoms with van der Waals surface area (Å²) in [6.07, 6.45) is 1.88. The minimum absolute atomic E-state index is 0.0291. The molecule has 118 valence electrons. The highest BCUT2D eigenvalue weighted by molar-refractivity contribution is 7.92. The second-order valence-corrected chi connectivity index (χ2v) is 6.05. The van der Waals surface area contributed by atoms with Gasteiger partial charge in [-0.15, -0.1) is 0 Å². The molecule has 0 radical (unpaired) electrons. The highest BCUT2D eigenvalue weighted by Gasteiger charge is 2.25. The Morgan fingerprint density at radius 3 is 2.68 bits per heavy atom. The number of nitrogens with zero attached hydrogens (tertiary/aromatic N) is 3. The standard InChI is InChI=1S/C12H13FN4O4S/c1-7-10(11(12(18)21-3)15-17(7)2)16-22(19,20)9-4-8(13)5-14-6-9/h4-6,16H,1-3H3. The Balaban J connectivity index is 2.48. The summed E-state index contributed by atoms with van der Waals surface area (Å²) in [6, 6.07) is 0.818. The molecule has 8 nitrogen and oxygen atoms in total. The van der Waals surface area contributed by atoms with Crippen molar-refractivity contribution in [2.75, 3.05) is 11.8 Å². The highest BCUT2D eigenvalue weighted by Crippen LogP contribution is 2.24. The molecule has 0 fully saturated rings. The average molecular weight is 328 g/mol. The smallest absolute Gasteiger partial charge is 0.360 e. The van der Waals surface area contributed by atoms with Gasteiger partial charge in [-0.05, 0) is 13.0 Å². The zero-order valence-electron chi connectivity index (χ0n) is 12.0. The van der Waals surface area contributed by atoms with Gasteiger partial charge < -0.3 is 4.74 Å². The normalized spacial score (nSPS) is 11.3. The number of methoxy groups -OCH3 is 1. The maximum Gasteiger partial charge on any atom is 0.360 e. The first-order valence-corrected chi connectivity index (χ1v) is 7.50. The quantitative estimate of drug-likeness (QED) is 0.835. The number of sulfonamides is 1. The van der Waals surface area contributed by atoms with Crippen molar-refractivity contribution in [2.45, 2.75) is 11.8 Å². The van der Waals surface area contributed by atoms with Crippen LogP contribution in [0.2, 0.25) is 0 Å². The van der Waals surface area contributed by atoms with Crippen molar-refractivity contribution in [3.8, 4) is 0 Å². The highest BCUT2D eigenvalue weighted by atomic mass is 32.2. The van der Waals surface area contributed by atoms with Gasteiger partial charge in [-0.3, -0.25) is 14.4 Å². The van der Waals surface area contributed by atoms with Crippen LogP contribution in [0.25, 0.3) is 0 Å². The molecule has 10 heteroatoms. The van der Waals surface area contributed by atoms with Crippen LogP contribution in [0.1, 0.15) is 16.2 Å². The molecular weight excluding hydrogens is 315 g/mol. The van der Waals surface area contributed by atoms with E-state index < -0.39 is 21.8 Å². The van der Waals surface area contributed by atoms with Gasteiger partial charge in [-0.25, -0.2) is 17.6 Å². The minimum Gasteiger partial charge on any atom is -0.464 e. The number of hydrogen-bond acceptors (Lipinski definition) is 6. The molecule has 0 aliphatic rings. The molecule has 0 bridgehead atoms. The number of nitrogens with one attached hydrogen (secondary N) is 1. The summed E-state index contributed by atoms with van der Waals surface area (Å²) in [4.78, 5) is 14.8. The number of hydrogen-bond donors (Lipinski definition) is 1. The zero-order valence-corrected chi connectivity index (χ0v) is 12.8. The molecule has 2 rings (SSSR count). The Morgan fingerprint density at radius 1 is 1.41 bits per heavy atom. The van der Waals surface area contributed by atoms with Crippen LogP contribution in [0.4, 0.5) is 10.1 Å². The van der Waals surface area contributed by atoms with Crippen molar-refractivity contribution >= 4 is 21.7 Å². The van der Waals surface area contributed by atoms with Gasteiger partial charge in [0.1, 0.15) is 16.4 Å². The van der Waals surface area contributed by atoms with E-state index in [0.717, 1.165) is 25.6 Å². The lowest BCUT2D eigenvalue weighted by molar-refractivity contribution is 0.0594. The van der Waals surface area contributed by atoms with E-state index in [1.54, 1.807) is 14.0 Å². The van der Waals surface area contributed by atoms with Crippen LogP contribution in [-0.4, -0.2) is 36.3 Å². The van der Waals surface area contributed by atoms with Gasteiger partial charge in [0.15, 0.2) is 5.69 Å². The van der Waals surface area contributed by atoms with Crippen LogP contribution < -0.4 is 4.72 Å². The maximum atomic E-state index is 13.1. The molecule has 0 saturated carbocycles. The molecule has 0 aliphatic heterocycles. The third-order valence-corrected chi connectivity index (χ3v) is 4.26. The first-order chi connectivity index (χ1) is 10.3. The van der Waals surface area contributed by atoms with E-state index in [2.05, 4.69) is 19.5 Å². The topological polar surface area (TPSA) is 103 Å². The van der Waals surface area contributed by atoms with Crippen LogP contribution in [0.3, 0.4) is 0 Å². The number of carbonyl (C=O) groups excluding carboxylic acids is 1. The van der Waals surface area contributed by atoms with Crippen molar-refractivity contribution in [3.63, 3.8) is 0 Å². The van der Waals surface area contributed by atoms with Crippen LogP contribution in [0.5, 0.6) is 0 Å². The number of carbonyl (C=O) groups is 1. The molecule has 0 aromatic carbocycles. The Bertz CT molecular complexity index is 832. The van der Waals surface area contributed by atoms with Gasteiger partial charge in [0.25, 0.3) is 10.0 Å². The number of anilines is 1. The van der Waals surface area contributed by atoms with Gasteiger partial charge >= 0.3 is 5.97 Å². The fraction of sp³-hybridized carbons (Fsp3) is 0.250. The van der Waals surface area contributed by atoms with Crippen molar-refractivity contribution in [1.29, 1.82) is 0 Å². The molecule has 2 aromatic rings. The van der Waals surface area contributed by atoms with Crippen molar-refractivity contribution in [3.05, 3.63) is 35.7 Å². The third-order valence-electron chi connectivity index (χ3n) is 2.94. The summed E-state index contributed by atoms with van der Waals surface area (Å²) in [5.74, 6) is -1.59. The monoisotopic (exact) mass is 328 g/mol. The predicted octanol–water partition coefficient (Wildman–Crippen LogP) is 0.850. The lowest BCUT2D eigenvalue weighted by Crippen LogP contribution is -2.16. The predicted molar refractivity (Wildman–Crippen MR) is 74.3 cm³/mol. The van der Waals surface area contributed by atoms with Crippen LogP contribution >= 0.6 is 0 Å². The third kappa shape index (κ3) is 2.91. The number of aryl methyl sites for hydroxylation is 1. The lowest BCUT2D eigenvalue weighted by atomic mass is 10.3. The molecule has 0 amide bonds. The minimum atomic E-state index is -4.12. The number of ether oxygens (including phenoxy) is 1. The molecule has 0 aliphatic carbocycles. The summed E-state index contributed by atoms with van der Waals surface area (Å²) < 4.78 is 45.8. The molecule has 0 saturated heterocycles. The van der Waals surface area contributed by atoms with E-state index in [1.165, 1.54) is 4.68 Å². The Morgan fingerprint density at radius 2 is 2.09 bits per heavy atom. The van der Waals surface area contributed by atoms with Crippen molar-refractivity contribution < 1.29 is 22.3 Å². The van der Waals surface area contributed by atoms with E-state index in [9.17, 15) is 17.6 Å². The number of halogens is 1. The molecule has 0 atom stereocenters. The average Bonchev–Trinajstić information content (AvgIpc) is 2.74. The summed E-state index contributed by atoms with van der Waals surface area (Å²) in [5.41, 5.74) is 0.183. The molecule has 2 heterocycles. The zero-order chi connectivity index (χ0) is 16.5. The van der Waals surface area contributed by atoms with Crippen LogP contribution in [0, 0.1) is 12.7 Å². The number of pyridine rings is 1. The summed E-state index contributed by atoms with van der Waals surface area (Å²) in [6.45, 7) is 1.57. The molecule has 2 aromatic heterocycles. The van der Waals surface area contributed by atoms with Crippen LogP contribution in [-0.2, 0) is 21.8 Å². The molecule has 0 unspecified atom stereocenters. The lowest BCUT2D eigenvalue weighted by Gasteiger charge is -2.08. The van der Waals surface area contributed by atoms with Gasteiger partial charge in [-0.1, -0.05) is 0 Å². The molecule has 0 spiro atoms. The SMILES string of the molecule is COC(=O)c1nn(C)c(C)c1NS(=O)(=O)c1cncc(F)c1. The van der Waals surface area contributed by atoms with E-state index in [4.69, 9.17) is 0 Å². The van der Waals surface area contributed by atoms with E-state index in [1.807, 2.05) is 0 Å². The number of esters is 1. The number of rotatable bonds is 4. The van der Waals surface area contributed by atoms with Crippen molar-refractivity contribution in [2.24, 2.45) is 7.05 Å². The van der Waals surface area contributed by atoms with Gasteiger partial charge in [0, 0.05) is 13.2 Å². The largest absolute Gasteiger partial charge is 0.464 e. The van der Waals surface area contributed by atoms with Gasteiger partial charge in [0.05, 0.1) is 19.0 Å². The molecule has 22 heavy (non-hydrogen) atoms. The molecule has 1 N–H and O–H groups in total. The molecular formula is C12H13FN4O4S. The van der Waals surface area contributed by atoms with Crippen LogP contribution in [0.15, 0.2) is 23.4 Å². The van der Waals surface area contributed by atoms with Gasteiger partial charge in [-0.2, -0.15) is 5.10 Å². The Hall–Kier alpha value is -2.49. The maximum absolute atomic E-state index is 13.1. The van der Waals surface area contributed by atoms with Gasteiger partial charge in [0.2, 0.25) is 0 Å². The second kappa shape index (κ2) is 5.72. The fourth-order valence-electron chi connectivity index (χ4n) is 1.70. The first-order valence-electron chi connectivity index (χ1n) is 6.01. The fourth-order valence-corrected chi connectivity index (χ4v) is 2.80.